The molecule has 1 N–H and O–H groups in total. The van der Waals surface area contributed by atoms with Crippen LogP contribution in [-0.4, -0.2) is 33.1 Å². The topological polar surface area (TPSA) is 62.7 Å². The number of rotatable bonds is 5. The summed E-state index contributed by atoms with van der Waals surface area (Å²) in [5.41, 5.74) is 1.61. The minimum Gasteiger partial charge on any atom is -0.393 e. The van der Waals surface area contributed by atoms with E-state index in [2.05, 4.69) is 20.9 Å². The van der Waals surface area contributed by atoms with Gasteiger partial charge in [0.25, 0.3) is 5.91 Å². The van der Waals surface area contributed by atoms with Crippen molar-refractivity contribution in [2.75, 3.05) is 0 Å². The fraction of sp³-hybridized carbons (Fsp3) is 0.280. The molecule has 2 aliphatic rings. The van der Waals surface area contributed by atoms with E-state index in [1.165, 1.54) is 0 Å². The molecule has 1 aromatic heterocycles. The molecule has 1 saturated carbocycles. The van der Waals surface area contributed by atoms with Crippen LogP contribution >= 0.6 is 39.1 Å². The first kappa shape index (κ1) is 22.8. The predicted octanol–water partition coefficient (Wildman–Crippen LogP) is 5.94. The number of hydrogen-bond acceptors (Lipinski definition) is 4. The van der Waals surface area contributed by atoms with Crippen molar-refractivity contribution in [3.8, 4) is 0 Å². The van der Waals surface area contributed by atoms with Crippen molar-refractivity contribution < 1.29 is 14.6 Å². The summed E-state index contributed by atoms with van der Waals surface area (Å²) in [6, 6.07) is 16.6. The van der Waals surface area contributed by atoms with Gasteiger partial charge in [0.05, 0.1) is 29.5 Å². The first-order valence-electron chi connectivity index (χ1n) is 10.7. The van der Waals surface area contributed by atoms with Gasteiger partial charge in [-0.3, -0.25) is 14.7 Å². The number of nitrogens with zero attached hydrogens (tertiary/aromatic N) is 2. The zero-order chi connectivity index (χ0) is 23.2. The molecular formula is C25H21BrCl2N2O3. The number of aromatic nitrogens is 1. The number of carbonyl (C=O) groups excluding carboxylic acids is 1. The molecule has 3 unspecified atom stereocenters. The van der Waals surface area contributed by atoms with E-state index in [1.807, 2.05) is 30.3 Å². The summed E-state index contributed by atoms with van der Waals surface area (Å²) in [6.45, 7) is 0.222. The largest absolute Gasteiger partial charge is 0.393 e. The number of carbonyl (C=O) groups is 1. The van der Waals surface area contributed by atoms with Gasteiger partial charge in [-0.1, -0.05) is 57.3 Å². The smallest absolute Gasteiger partial charge is 0.257 e. The number of halogens is 3. The normalized spacial score (nSPS) is 24.4. The van der Waals surface area contributed by atoms with Crippen molar-refractivity contribution in [2.24, 2.45) is 0 Å². The van der Waals surface area contributed by atoms with Gasteiger partial charge in [-0.2, -0.15) is 0 Å². The summed E-state index contributed by atoms with van der Waals surface area (Å²) < 4.78 is 7.64. The molecule has 170 valence electrons. The molecule has 3 atom stereocenters. The van der Waals surface area contributed by atoms with Gasteiger partial charge in [0, 0.05) is 32.4 Å². The summed E-state index contributed by atoms with van der Waals surface area (Å²) in [6.07, 6.45) is 2.84. The molecule has 1 amide bonds. The van der Waals surface area contributed by atoms with Crippen LogP contribution in [0.3, 0.4) is 0 Å². The van der Waals surface area contributed by atoms with Crippen molar-refractivity contribution in [3.05, 3.63) is 97.7 Å². The second kappa shape index (κ2) is 9.01. The highest BCUT2D eigenvalue weighted by Crippen LogP contribution is 2.48. The van der Waals surface area contributed by atoms with Crippen molar-refractivity contribution >= 4 is 45.0 Å². The molecule has 0 bridgehead atoms. The van der Waals surface area contributed by atoms with Crippen LogP contribution in [-0.2, 0) is 17.0 Å². The van der Waals surface area contributed by atoms with E-state index in [0.717, 1.165) is 15.6 Å². The molecule has 5 nitrogen and oxygen atoms in total. The SMILES string of the molecule is O=C1c2cc(Br)ccc2C(OC2CCC(O)C2)(c2ccc(Cl)cc2)N1Cc1ccc(Cl)cn1. The first-order valence-corrected chi connectivity index (χ1v) is 12.3. The van der Waals surface area contributed by atoms with E-state index in [0.29, 0.717) is 40.6 Å². The molecule has 33 heavy (non-hydrogen) atoms. The molecule has 8 heteroatoms. The van der Waals surface area contributed by atoms with Crippen molar-refractivity contribution in [1.29, 1.82) is 0 Å². The van der Waals surface area contributed by atoms with Gasteiger partial charge in [0.1, 0.15) is 0 Å². The van der Waals surface area contributed by atoms with Crippen LogP contribution < -0.4 is 0 Å². The molecule has 0 spiro atoms. The monoisotopic (exact) mass is 546 g/mol. The number of ether oxygens (including phenoxy) is 1. The lowest BCUT2D eigenvalue weighted by Gasteiger charge is -2.41. The average Bonchev–Trinajstić information content (AvgIpc) is 3.30. The lowest BCUT2D eigenvalue weighted by Crippen LogP contribution is -2.48. The second-order valence-electron chi connectivity index (χ2n) is 8.41. The van der Waals surface area contributed by atoms with Crippen LogP contribution in [0, 0.1) is 0 Å². The number of hydrogen-bond donors (Lipinski definition) is 1. The second-order valence-corrected chi connectivity index (χ2v) is 10.2. The molecule has 2 heterocycles. The molecule has 5 rings (SSSR count). The predicted molar refractivity (Wildman–Crippen MR) is 130 cm³/mol. The number of amides is 1. The Hall–Kier alpha value is -1.96. The third kappa shape index (κ3) is 4.19. The molecule has 3 aromatic rings. The molecular weight excluding hydrogens is 527 g/mol. The summed E-state index contributed by atoms with van der Waals surface area (Å²) in [7, 11) is 0. The average molecular weight is 548 g/mol. The summed E-state index contributed by atoms with van der Waals surface area (Å²) >= 11 is 15.7. The molecule has 1 fully saturated rings. The first-order chi connectivity index (χ1) is 15.9. The van der Waals surface area contributed by atoms with Gasteiger partial charge in [-0.15, -0.1) is 0 Å². The Bertz CT molecular complexity index is 1190. The molecule has 1 aliphatic carbocycles. The molecule has 0 saturated heterocycles. The number of aliphatic hydroxyl groups is 1. The summed E-state index contributed by atoms with van der Waals surface area (Å²) in [5.74, 6) is -0.156. The molecule has 2 aromatic carbocycles. The Morgan fingerprint density at radius 1 is 1.09 bits per heavy atom. The van der Waals surface area contributed by atoms with Crippen LogP contribution in [0.25, 0.3) is 0 Å². The third-order valence-corrected chi connectivity index (χ3v) is 7.21. The van der Waals surface area contributed by atoms with Crippen molar-refractivity contribution in [1.82, 2.24) is 9.88 Å². The maximum absolute atomic E-state index is 13.8. The lowest BCUT2D eigenvalue weighted by molar-refractivity contribution is -0.147. The van der Waals surface area contributed by atoms with Gasteiger partial charge in [-0.05, 0) is 55.7 Å². The minimum absolute atomic E-state index is 0.156. The van der Waals surface area contributed by atoms with E-state index < -0.39 is 11.8 Å². The van der Waals surface area contributed by atoms with Crippen LogP contribution in [0.1, 0.15) is 46.4 Å². The van der Waals surface area contributed by atoms with Gasteiger partial charge < -0.3 is 9.84 Å². The van der Waals surface area contributed by atoms with Crippen LogP contribution in [0.15, 0.2) is 65.3 Å². The summed E-state index contributed by atoms with van der Waals surface area (Å²) in [5, 5.41) is 11.3. The van der Waals surface area contributed by atoms with Crippen LogP contribution in [0.2, 0.25) is 10.0 Å². The Morgan fingerprint density at radius 2 is 1.85 bits per heavy atom. The lowest BCUT2D eigenvalue weighted by atomic mass is 9.93. The highest BCUT2D eigenvalue weighted by Gasteiger charge is 2.54. The Kier molecular flexibility index (Phi) is 6.23. The van der Waals surface area contributed by atoms with Crippen LogP contribution in [0.4, 0.5) is 0 Å². The zero-order valence-corrected chi connectivity index (χ0v) is 20.6. The van der Waals surface area contributed by atoms with E-state index in [9.17, 15) is 9.90 Å². The van der Waals surface area contributed by atoms with Gasteiger partial charge in [0.2, 0.25) is 0 Å². The summed E-state index contributed by atoms with van der Waals surface area (Å²) in [4.78, 5) is 19.9. The Morgan fingerprint density at radius 3 is 2.52 bits per heavy atom. The van der Waals surface area contributed by atoms with Crippen molar-refractivity contribution in [2.45, 2.75) is 43.7 Å². The fourth-order valence-electron chi connectivity index (χ4n) is 4.72. The molecule has 0 radical (unpaired) electrons. The van der Waals surface area contributed by atoms with E-state index in [-0.39, 0.29) is 18.6 Å². The van der Waals surface area contributed by atoms with Gasteiger partial charge in [0.15, 0.2) is 5.72 Å². The number of benzene rings is 2. The van der Waals surface area contributed by atoms with Gasteiger partial charge >= 0.3 is 0 Å². The maximum Gasteiger partial charge on any atom is 0.257 e. The van der Waals surface area contributed by atoms with E-state index >= 15 is 0 Å². The highest BCUT2D eigenvalue weighted by molar-refractivity contribution is 9.10. The standard InChI is InChI=1S/C25H21BrCl2N2O3/c26-16-3-10-23-22(11-16)24(32)30(14-19-7-6-18(28)13-29-19)25(23,15-1-4-17(27)5-2-15)33-21-9-8-20(31)12-21/h1-7,10-11,13,20-21,31H,8-9,12,14H2. The zero-order valence-electron chi connectivity index (χ0n) is 17.5. The minimum atomic E-state index is -1.19. The Labute approximate surface area is 210 Å². The number of aliphatic hydroxyl groups excluding tert-OH is 1. The number of fused-ring (bicyclic) bond motifs is 1. The highest BCUT2D eigenvalue weighted by atomic mass is 79.9. The van der Waals surface area contributed by atoms with E-state index in [1.54, 1.807) is 35.4 Å². The van der Waals surface area contributed by atoms with E-state index in [4.69, 9.17) is 27.9 Å². The quantitative estimate of drug-likeness (QED) is 0.429. The maximum atomic E-state index is 13.8. The number of pyridine rings is 1. The fourth-order valence-corrected chi connectivity index (χ4v) is 5.31. The Balaban J connectivity index is 1.69. The third-order valence-electron chi connectivity index (χ3n) is 6.24. The van der Waals surface area contributed by atoms with Crippen LogP contribution in [0.5, 0.6) is 0 Å². The van der Waals surface area contributed by atoms with Gasteiger partial charge in [-0.25, -0.2) is 0 Å². The molecule has 1 aliphatic heterocycles. The van der Waals surface area contributed by atoms with Crippen molar-refractivity contribution in [3.63, 3.8) is 0 Å².